The van der Waals surface area contributed by atoms with Gasteiger partial charge in [0, 0.05) is 39.5 Å². The van der Waals surface area contributed by atoms with E-state index in [4.69, 9.17) is 24.7 Å². The molecule has 0 aromatic carbocycles. The number of hydrogen-bond acceptors (Lipinski definition) is 6. The highest BCUT2D eigenvalue weighted by Crippen LogP contribution is 2.11. The van der Waals surface area contributed by atoms with Crippen LogP contribution in [0, 0.1) is 0 Å². The first kappa shape index (κ1) is 25.8. The summed E-state index contributed by atoms with van der Waals surface area (Å²) < 4.78 is 23.4. The molecule has 0 amide bonds. The number of rotatable bonds is 20. The monoisotopic (exact) mass is 376 g/mol. The van der Waals surface area contributed by atoms with Crippen LogP contribution in [0.25, 0.3) is 0 Å². The molecule has 0 aliphatic heterocycles. The van der Waals surface area contributed by atoms with Gasteiger partial charge in [-0.25, -0.2) is 0 Å². The molecule has 0 radical (unpaired) electrons. The van der Waals surface area contributed by atoms with Crippen LogP contribution < -0.4 is 5.73 Å². The Morgan fingerprint density at radius 1 is 0.615 bits per heavy atom. The van der Waals surface area contributed by atoms with Crippen LogP contribution in [0.1, 0.15) is 53.4 Å². The predicted molar refractivity (Wildman–Crippen MR) is 108 cm³/mol. The van der Waals surface area contributed by atoms with Gasteiger partial charge in [0.25, 0.3) is 0 Å². The Morgan fingerprint density at radius 2 is 0.923 bits per heavy atom. The molecule has 6 heteroatoms. The zero-order chi connectivity index (χ0) is 19.5. The van der Waals surface area contributed by atoms with Crippen LogP contribution in [-0.4, -0.2) is 82.9 Å². The molecule has 2 N–H and O–H groups in total. The van der Waals surface area contributed by atoms with Gasteiger partial charge in [0.2, 0.25) is 0 Å². The Balaban J connectivity index is 4.99. The van der Waals surface area contributed by atoms with Crippen LogP contribution in [-0.2, 0) is 18.9 Å². The summed E-state index contributed by atoms with van der Waals surface area (Å²) in [5.74, 6) is 0. The van der Waals surface area contributed by atoms with Crippen molar-refractivity contribution in [2.24, 2.45) is 5.73 Å². The fourth-order valence-corrected chi connectivity index (χ4v) is 2.75. The maximum atomic E-state index is 5.92. The summed E-state index contributed by atoms with van der Waals surface area (Å²) >= 11 is 0. The first-order valence-electron chi connectivity index (χ1n) is 10.5. The zero-order valence-electron chi connectivity index (χ0n) is 17.7. The third-order valence-electron chi connectivity index (χ3n) is 3.96. The van der Waals surface area contributed by atoms with Crippen molar-refractivity contribution in [2.45, 2.75) is 65.5 Å². The Hall–Kier alpha value is -0.240. The van der Waals surface area contributed by atoms with Crippen molar-refractivity contribution >= 4 is 0 Å². The average molecular weight is 377 g/mol. The smallest absolute Gasteiger partial charge is 0.0644 e. The third-order valence-corrected chi connectivity index (χ3v) is 3.96. The lowest BCUT2D eigenvalue weighted by Crippen LogP contribution is -2.53. The largest absolute Gasteiger partial charge is 0.380 e. The van der Waals surface area contributed by atoms with Gasteiger partial charge in [-0.3, -0.25) is 4.90 Å². The molecule has 0 aliphatic carbocycles. The van der Waals surface area contributed by atoms with Crippen LogP contribution in [0.2, 0.25) is 0 Å². The summed E-state index contributed by atoms with van der Waals surface area (Å²) in [4.78, 5) is 2.37. The standard InChI is InChI=1S/C20H44N2O4/c1-5-11-23-15-19(16-24-12-6-2)22(10-9-21)20(17-25-13-7-3)18-26-14-8-4/h19-20H,5-18,21H2,1-4H3. The van der Waals surface area contributed by atoms with Crippen molar-refractivity contribution in [3.63, 3.8) is 0 Å². The van der Waals surface area contributed by atoms with E-state index in [1.165, 1.54) is 0 Å². The predicted octanol–water partition coefficient (Wildman–Crippen LogP) is 2.69. The molecular weight excluding hydrogens is 332 g/mol. The molecule has 158 valence electrons. The van der Waals surface area contributed by atoms with Gasteiger partial charge in [-0.1, -0.05) is 27.7 Å². The Bertz CT molecular complexity index is 239. The summed E-state index contributed by atoms with van der Waals surface area (Å²) in [6.45, 7) is 15.5. The van der Waals surface area contributed by atoms with E-state index in [0.717, 1.165) is 58.7 Å². The highest BCUT2D eigenvalue weighted by atomic mass is 16.5. The minimum atomic E-state index is 0.164. The highest BCUT2D eigenvalue weighted by Gasteiger charge is 2.27. The summed E-state index contributed by atoms with van der Waals surface area (Å²) in [5.41, 5.74) is 5.92. The maximum Gasteiger partial charge on any atom is 0.0644 e. The van der Waals surface area contributed by atoms with Crippen LogP contribution in [0.4, 0.5) is 0 Å². The number of nitrogens with two attached hydrogens (primary N) is 1. The molecule has 0 atom stereocenters. The Kier molecular flexibility index (Phi) is 19.3. The number of hydrogen-bond donors (Lipinski definition) is 1. The minimum Gasteiger partial charge on any atom is -0.380 e. The normalized spacial score (nSPS) is 12.0. The summed E-state index contributed by atoms with van der Waals surface area (Å²) in [5, 5.41) is 0. The molecule has 26 heavy (non-hydrogen) atoms. The molecule has 0 spiro atoms. The second-order valence-electron chi connectivity index (χ2n) is 6.63. The number of nitrogens with zero attached hydrogens (tertiary/aromatic N) is 1. The van der Waals surface area contributed by atoms with Gasteiger partial charge in [-0.05, 0) is 25.7 Å². The summed E-state index contributed by atoms with van der Waals surface area (Å²) in [6, 6.07) is 0.328. The molecule has 0 bridgehead atoms. The molecule has 0 aromatic rings. The van der Waals surface area contributed by atoms with Crippen LogP contribution in [0.3, 0.4) is 0 Å². The second kappa shape index (κ2) is 19.5. The highest BCUT2D eigenvalue weighted by molar-refractivity contribution is 4.80. The van der Waals surface area contributed by atoms with Crippen molar-refractivity contribution in [1.82, 2.24) is 4.90 Å². The van der Waals surface area contributed by atoms with Gasteiger partial charge in [0.15, 0.2) is 0 Å². The minimum absolute atomic E-state index is 0.164. The van der Waals surface area contributed by atoms with E-state index < -0.39 is 0 Å². The maximum absolute atomic E-state index is 5.92. The summed E-state index contributed by atoms with van der Waals surface area (Å²) in [7, 11) is 0. The van der Waals surface area contributed by atoms with Gasteiger partial charge >= 0.3 is 0 Å². The van der Waals surface area contributed by atoms with E-state index in [-0.39, 0.29) is 12.1 Å². The molecule has 0 aliphatic rings. The molecule has 0 heterocycles. The van der Waals surface area contributed by atoms with E-state index in [0.29, 0.717) is 33.0 Å². The van der Waals surface area contributed by atoms with E-state index in [1.54, 1.807) is 0 Å². The molecule has 0 saturated carbocycles. The summed E-state index contributed by atoms with van der Waals surface area (Å²) in [6.07, 6.45) is 4.06. The average Bonchev–Trinajstić information content (AvgIpc) is 2.64. The van der Waals surface area contributed by atoms with Crippen LogP contribution in [0.5, 0.6) is 0 Å². The molecule has 0 unspecified atom stereocenters. The zero-order valence-corrected chi connectivity index (χ0v) is 17.7. The van der Waals surface area contributed by atoms with Crippen molar-refractivity contribution < 1.29 is 18.9 Å². The van der Waals surface area contributed by atoms with Gasteiger partial charge in [0.05, 0.1) is 38.5 Å². The lowest BCUT2D eigenvalue weighted by molar-refractivity contribution is -0.0523. The Morgan fingerprint density at radius 3 is 1.15 bits per heavy atom. The molecule has 6 nitrogen and oxygen atoms in total. The third kappa shape index (κ3) is 13.0. The van der Waals surface area contributed by atoms with Crippen molar-refractivity contribution in [2.75, 3.05) is 65.9 Å². The van der Waals surface area contributed by atoms with Crippen molar-refractivity contribution in [3.8, 4) is 0 Å². The van der Waals surface area contributed by atoms with E-state index in [1.807, 2.05) is 0 Å². The van der Waals surface area contributed by atoms with Gasteiger partial charge in [0.1, 0.15) is 0 Å². The molecule has 0 aromatic heterocycles. The Labute approximate surface area is 161 Å². The first-order chi connectivity index (χ1) is 12.7. The fraction of sp³-hybridized carbons (Fsp3) is 1.00. The molecule has 0 fully saturated rings. The molecular formula is C20H44N2O4. The van der Waals surface area contributed by atoms with Crippen LogP contribution in [0.15, 0.2) is 0 Å². The van der Waals surface area contributed by atoms with E-state index >= 15 is 0 Å². The van der Waals surface area contributed by atoms with E-state index in [9.17, 15) is 0 Å². The quantitative estimate of drug-likeness (QED) is 0.330. The number of ether oxygens (including phenoxy) is 4. The van der Waals surface area contributed by atoms with Gasteiger partial charge in [-0.2, -0.15) is 0 Å². The lowest BCUT2D eigenvalue weighted by atomic mass is 10.2. The topological polar surface area (TPSA) is 66.2 Å². The first-order valence-corrected chi connectivity index (χ1v) is 10.5. The SMILES string of the molecule is CCCOCC(COCCC)N(CCN)C(COCCC)COCCC. The van der Waals surface area contributed by atoms with Crippen LogP contribution >= 0.6 is 0 Å². The lowest BCUT2D eigenvalue weighted by Gasteiger charge is -2.37. The van der Waals surface area contributed by atoms with Crippen molar-refractivity contribution in [1.29, 1.82) is 0 Å². The van der Waals surface area contributed by atoms with E-state index in [2.05, 4.69) is 32.6 Å². The van der Waals surface area contributed by atoms with Gasteiger partial charge in [-0.15, -0.1) is 0 Å². The second-order valence-corrected chi connectivity index (χ2v) is 6.63. The molecule has 0 rings (SSSR count). The fourth-order valence-electron chi connectivity index (χ4n) is 2.75. The van der Waals surface area contributed by atoms with Gasteiger partial charge < -0.3 is 24.7 Å². The van der Waals surface area contributed by atoms with Crippen molar-refractivity contribution in [3.05, 3.63) is 0 Å². The molecule has 0 saturated heterocycles.